The maximum Gasteiger partial charge on any atom is 0.0947 e. The maximum absolute atomic E-state index is 5.88. The molecule has 2 N–H and O–H groups in total. The second-order valence-corrected chi connectivity index (χ2v) is 5.83. The average molecular weight is 328 g/mol. The fourth-order valence-electron chi connectivity index (χ4n) is 2.09. The van der Waals surface area contributed by atoms with Crippen LogP contribution >= 0.6 is 15.9 Å². The van der Waals surface area contributed by atoms with Gasteiger partial charge in [0.25, 0.3) is 0 Å². The Labute approximate surface area is 125 Å². The van der Waals surface area contributed by atoms with Gasteiger partial charge in [-0.05, 0) is 24.1 Å². The van der Waals surface area contributed by atoms with E-state index in [2.05, 4.69) is 35.0 Å². The maximum atomic E-state index is 5.88. The molecule has 3 heteroatoms. The molecule has 2 nitrogen and oxygen atoms in total. The lowest BCUT2D eigenvalue weighted by Crippen LogP contribution is -2.16. The Morgan fingerprint density at radius 3 is 2.32 bits per heavy atom. The molecule has 1 atom stereocenters. The predicted octanol–water partition coefficient (Wildman–Crippen LogP) is 4.83. The SMILES string of the molecule is CCCCCCCCOC(CN)c1ccc(Br)cc1. The first-order valence-electron chi connectivity index (χ1n) is 7.35. The van der Waals surface area contributed by atoms with Crippen molar-refractivity contribution in [2.75, 3.05) is 13.2 Å². The van der Waals surface area contributed by atoms with Crippen LogP contribution < -0.4 is 5.73 Å². The minimum atomic E-state index is 0.0312. The molecular weight excluding hydrogens is 302 g/mol. The van der Waals surface area contributed by atoms with E-state index < -0.39 is 0 Å². The molecule has 0 heterocycles. The number of benzene rings is 1. The zero-order valence-corrected chi connectivity index (χ0v) is 13.5. The van der Waals surface area contributed by atoms with Gasteiger partial charge in [0.15, 0.2) is 0 Å². The summed E-state index contributed by atoms with van der Waals surface area (Å²) in [7, 11) is 0. The van der Waals surface area contributed by atoms with Crippen molar-refractivity contribution in [2.24, 2.45) is 5.73 Å². The van der Waals surface area contributed by atoms with Crippen LogP contribution in [-0.4, -0.2) is 13.2 Å². The first kappa shape index (κ1) is 16.7. The minimum Gasteiger partial charge on any atom is -0.372 e. The van der Waals surface area contributed by atoms with Crippen molar-refractivity contribution in [1.29, 1.82) is 0 Å². The summed E-state index contributed by atoms with van der Waals surface area (Å²) in [6.07, 6.45) is 7.75. The van der Waals surface area contributed by atoms with Gasteiger partial charge in [0.2, 0.25) is 0 Å². The highest BCUT2D eigenvalue weighted by Crippen LogP contribution is 2.19. The molecule has 19 heavy (non-hydrogen) atoms. The molecule has 0 aliphatic rings. The van der Waals surface area contributed by atoms with E-state index in [0.29, 0.717) is 6.54 Å². The Balaban J connectivity index is 2.20. The normalized spacial score (nSPS) is 12.6. The molecule has 0 bridgehead atoms. The van der Waals surface area contributed by atoms with Gasteiger partial charge in [-0.2, -0.15) is 0 Å². The van der Waals surface area contributed by atoms with Crippen molar-refractivity contribution in [1.82, 2.24) is 0 Å². The fraction of sp³-hybridized carbons (Fsp3) is 0.625. The molecule has 108 valence electrons. The molecule has 0 radical (unpaired) electrons. The van der Waals surface area contributed by atoms with Crippen LogP contribution in [0.2, 0.25) is 0 Å². The number of unbranched alkanes of at least 4 members (excludes halogenated alkanes) is 5. The zero-order chi connectivity index (χ0) is 13.9. The summed E-state index contributed by atoms with van der Waals surface area (Å²) in [5.74, 6) is 0. The van der Waals surface area contributed by atoms with Crippen molar-refractivity contribution in [3.63, 3.8) is 0 Å². The van der Waals surface area contributed by atoms with Gasteiger partial charge < -0.3 is 10.5 Å². The Morgan fingerprint density at radius 2 is 1.68 bits per heavy atom. The van der Waals surface area contributed by atoms with Crippen molar-refractivity contribution >= 4 is 15.9 Å². The van der Waals surface area contributed by atoms with Crippen LogP contribution in [0.15, 0.2) is 28.7 Å². The fourth-order valence-corrected chi connectivity index (χ4v) is 2.35. The van der Waals surface area contributed by atoms with E-state index in [1.54, 1.807) is 0 Å². The molecule has 1 aromatic carbocycles. The third-order valence-electron chi connectivity index (χ3n) is 3.27. The van der Waals surface area contributed by atoms with Crippen LogP contribution in [0.25, 0.3) is 0 Å². The van der Waals surface area contributed by atoms with Crippen LogP contribution in [0, 0.1) is 0 Å². The summed E-state index contributed by atoms with van der Waals surface area (Å²) in [4.78, 5) is 0. The zero-order valence-electron chi connectivity index (χ0n) is 11.9. The van der Waals surface area contributed by atoms with E-state index in [1.807, 2.05) is 12.1 Å². The quantitative estimate of drug-likeness (QED) is 0.625. The molecule has 1 aromatic rings. The summed E-state index contributed by atoms with van der Waals surface area (Å²) in [6.45, 7) is 3.59. The average Bonchev–Trinajstić information content (AvgIpc) is 2.43. The molecule has 0 fully saturated rings. The van der Waals surface area contributed by atoms with Gasteiger partial charge in [-0.15, -0.1) is 0 Å². The lowest BCUT2D eigenvalue weighted by molar-refractivity contribution is 0.0557. The lowest BCUT2D eigenvalue weighted by atomic mass is 10.1. The van der Waals surface area contributed by atoms with Gasteiger partial charge >= 0.3 is 0 Å². The van der Waals surface area contributed by atoms with Crippen LogP contribution in [0.5, 0.6) is 0 Å². The van der Waals surface area contributed by atoms with Crippen molar-refractivity contribution in [3.8, 4) is 0 Å². The summed E-state index contributed by atoms with van der Waals surface area (Å²) in [5.41, 5.74) is 6.95. The molecule has 0 spiro atoms. The Bertz CT molecular complexity index is 326. The first-order valence-corrected chi connectivity index (χ1v) is 8.14. The molecule has 0 saturated carbocycles. The number of hydrogen-bond donors (Lipinski definition) is 1. The number of ether oxygens (including phenoxy) is 1. The van der Waals surface area contributed by atoms with Gasteiger partial charge in [0.05, 0.1) is 6.10 Å². The molecule has 1 rings (SSSR count). The highest BCUT2D eigenvalue weighted by atomic mass is 79.9. The van der Waals surface area contributed by atoms with E-state index >= 15 is 0 Å². The van der Waals surface area contributed by atoms with Gasteiger partial charge in [0, 0.05) is 17.6 Å². The summed E-state index contributed by atoms with van der Waals surface area (Å²) >= 11 is 3.44. The molecule has 0 amide bonds. The Kier molecular flexibility index (Phi) is 9.14. The van der Waals surface area contributed by atoms with Crippen molar-refractivity contribution in [3.05, 3.63) is 34.3 Å². The van der Waals surface area contributed by atoms with Gasteiger partial charge in [0.1, 0.15) is 0 Å². The van der Waals surface area contributed by atoms with Gasteiger partial charge in [-0.25, -0.2) is 0 Å². The molecule has 0 aliphatic carbocycles. The monoisotopic (exact) mass is 327 g/mol. The molecule has 0 aliphatic heterocycles. The summed E-state index contributed by atoms with van der Waals surface area (Å²) < 4.78 is 6.97. The third-order valence-corrected chi connectivity index (χ3v) is 3.80. The molecule has 0 aromatic heterocycles. The Hall–Kier alpha value is -0.380. The number of halogens is 1. The summed E-state index contributed by atoms with van der Waals surface area (Å²) in [5, 5.41) is 0. The van der Waals surface area contributed by atoms with Crippen LogP contribution in [0.4, 0.5) is 0 Å². The van der Waals surface area contributed by atoms with Crippen LogP contribution in [0.1, 0.15) is 57.1 Å². The molecule has 0 saturated heterocycles. The van der Waals surface area contributed by atoms with E-state index in [9.17, 15) is 0 Å². The largest absolute Gasteiger partial charge is 0.372 e. The lowest BCUT2D eigenvalue weighted by Gasteiger charge is -2.16. The minimum absolute atomic E-state index is 0.0312. The highest BCUT2D eigenvalue weighted by Gasteiger charge is 2.09. The van der Waals surface area contributed by atoms with Crippen LogP contribution in [0.3, 0.4) is 0 Å². The smallest absolute Gasteiger partial charge is 0.0947 e. The van der Waals surface area contributed by atoms with Crippen LogP contribution in [-0.2, 0) is 4.74 Å². The number of hydrogen-bond acceptors (Lipinski definition) is 2. The first-order chi connectivity index (χ1) is 9.27. The van der Waals surface area contributed by atoms with E-state index in [-0.39, 0.29) is 6.10 Å². The topological polar surface area (TPSA) is 35.2 Å². The predicted molar refractivity (Wildman–Crippen MR) is 85.3 cm³/mol. The molecular formula is C16H26BrNO. The Morgan fingerprint density at radius 1 is 1.05 bits per heavy atom. The van der Waals surface area contributed by atoms with Gasteiger partial charge in [-0.3, -0.25) is 0 Å². The number of rotatable bonds is 10. The van der Waals surface area contributed by atoms with E-state index in [4.69, 9.17) is 10.5 Å². The van der Waals surface area contributed by atoms with E-state index in [1.165, 1.54) is 32.1 Å². The van der Waals surface area contributed by atoms with E-state index in [0.717, 1.165) is 23.1 Å². The third kappa shape index (κ3) is 7.09. The number of nitrogens with two attached hydrogens (primary N) is 1. The molecule has 1 unspecified atom stereocenters. The van der Waals surface area contributed by atoms with Gasteiger partial charge in [-0.1, -0.05) is 67.1 Å². The van der Waals surface area contributed by atoms with Crippen molar-refractivity contribution in [2.45, 2.75) is 51.6 Å². The second-order valence-electron chi connectivity index (χ2n) is 4.91. The standard InChI is InChI=1S/C16H26BrNO/c1-2-3-4-5-6-7-12-19-16(13-18)14-8-10-15(17)11-9-14/h8-11,16H,2-7,12-13,18H2,1H3. The second kappa shape index (κ2) is 10.4. The highest BCUT2D eigenvalue weighted by molar-refractivity contribution is 9.10. The summed E-state index contributed by atoms with van der Waals surface area (Å²) in [6, 6.07) is 8.21. The van der Waals surface area contributed by atoms with Crippen molar-refractivity contribution < 1.29 is 4.74 Å².